The number of hydrogen-bond acceptors (Lipinski definition) is 3. The fraction of sp³-hybridized carbons (Fsp3) is 0.0667. The number of halogens is 7. The standard InChI is InChI=1S/C15H5F7N2O/c16-8-5-9(17)12(19)10(11(8)18)14-24-23-13(25-14)6-2-1-3-7(4-6)15(20,21)22/h1-5H. The third kappa shape index (κ3) is 3.06. The predicted molar refractivity (Wildman–Crippen MR) is 70.0 cm³/mol. The second-order valence-corrected chi connectivity index (χ2v) is 4.83. The highest BCUT2D eigenvalue weighted by Crippen LogP contribution is 2.34. The van der Waals surface area contributed by atoms with Gasteiger partial charge in [0.05, 0.1) is 5.56 Å². The summed E-state index contributed by atoms with van der Waals surface area (Å²) in [6.07, 6.45) is -4.64. The van der Waals surface area contributed by atoms with Crippen molar-refractivity contribution < 1.29 is 35.2 Å². The molecule has 0 saturated heterocycles. The Balaban J connectivity index is 2.08. The lowest BCUT2D eigenvalue weighted by Gasteiger charge is -2.06. The van der Waals surface area contributed by atoms with Gasteiger partial charge in [0, 0.05) is 11.6 Å². The predicted octanol–water partition coefficient (Wildman–Crippen LogP) is 4.98. The van der Waals surface area contributed by atoms with Crippen LogP contribution in [0.3, 0.4) is 0 Å². The number of benzene rings is 2. The molecule has 0 aliphatic heterocycles. The van der Waals surface area contributed by atoms with Crippen LogP contribution in [0.1, 0.15) is 5.56 Å². The second kappa shape index (κ2) is 5.87. The minimum absolute atomic E-state index is 0.00174. The molecule has 0 unspecified atom stereocenters. The number of nitrogens with zero attached hydrogens (tertiary/aromatic N) is 2. The van der Waals surface area contributed by atoms with Crippen molar-refractivity contribution in [2.45, 2.75) is 6.18 Å². The first-order valence-electron chi connectivity index (χ1n) is 6.53. The van der Waals surface area contributed by atoms with E-state index >= 15 is 0 Å². The summed E-state index contributed by atoms with van der Waals surface area (Å²) in [5.74, 6) is -8.33. The number of aromatic nitrogens is 2. The summed E-state index contributed by atoms with van der Waals surface area (Å²) in [5, 5.41) is 6.61. The molecular formula is C15H5F7N2O. The molecule has 0 spiro atoms. The lowest BCUT2D eigenvalue weighted by atomic mass is 10.1. The molecule has 3 aromatic rings. The lowest BCUT2D eigenvalue weighted by molar-refractivity contribution is -0.137. The summed E-state index contributed by atoms with van der Waals surface area (Å²) < 4.78 is 96.8. The molecule has 0 saturated carbocycles. The Bertz CT molecular complexity index is 923. The summed E-state index contributed by atoms with van der Waals surface area (Å²) in [7, 11) is 0. The lowest BCUT2D eigenvalue weighted by Crippen LogP contribution is -2.04. The SMILES string of the molecule is Fc1cc(F)c(F)c(-c2nnc(-c3cccc(C(F)(F)F)c3)o2)c1F. The van der Waals surface area contributed by atoms with Gasteiger partial charge in [0.2, 0.25) is 5.89 Å². The zero-order valence-corrected chi connectivity index (χ0v) is 11.8. The molecule has 0 aliphatic carbocycles. The zero-order valence-electron chi connectivity index (χ0n) is 11.8. The normalized spacial score (nSPS) is 11.8. The van der Waals surface area contributed by atoms with Crippen LogP contribution in [0.25, 0.3) is 22.9 Å². The average Bonchev–Trinajstić information content (AvgIpc) is 3.02. The number of alkyl halides is 3. The zero-order chi connectivity index (χ0) is 18.4. The molecule has 3 nitrogen and oxygen atoms in total. The van der Waals surface area contributed by atoms with Crippen LogP contribution in [0, 0.1) is 23.3 Å². The van der Waals surface area contributed by atoms with Crippen LogP contribution >= 0.6 is 0 Å². The van der Waals surface area contributed by atoms with Gasteiger partial charge in [0.25, 0.3) is 5.89 Å². The number of hydrogen-bond donors (Lipinski definition) is 0. The smallest absolute Gasteiger partial charge is 0.416 e. The van der Waals surface area contributed by atoms with Crippen molar-refractivity contribution in [2.24, 2.45) is 0 Å². The van der Waals surface area contributed by atoms with Crippen LogP contribution in [0.15, 0.2) is 34.7 Å². The van der Waals surface area contributed by atoms with Gasteiger partial charge in [0.1, 0.15) is 5.56 Å². The number of rotatable bonds is 2. The molecule has 2 aromatic carbocycles. The molecular weight excluding hydrogens is 357 g/mol. The van der Waals surface area contributed by atoms with E-state index in [9.17, 15) is 30.7 Å². The monoisotopic (exact) mass is 362 g/mol. The summed E-state index contributed by atoms with van der Waals surface area (Å²) >= 11 is 0. The summed E-state index contributed by atoms with van der Waals surface area (Å²) in [6, 6.07) is 3.72. The van der Waals surface area contributed by atoms with Crippen molar-refractivity contribution in [3.63, 3.8) is 0 Å². The highest BCUT2D eigenvalue weighted by molar-refractivity contribution is 5.60. The molecule has 0 bridgehead atoms. The minimum atomic E-state index is -4.64. The molecule has 0 aliphatic rings. The third-order valence-corrected chi connectivity index (χ3v) is 3.19. The molecule has 0 fully saturated rings. The van der Waals surface area contributed by atoms with Crippen molar-refractivity contribution >= 4 is 0 Å². The maximum absolute atomic E-state index is 13.7. The third-order valence-electron chi connectivity index (χ3n) is 3.19. The molecule has 3 rings (SSSR count). The van der Waals surface area contributed by atoms with E-state index in [1.165, 1.54) is 6.07 Å². The van der Waals surface area contributed by atoms with Gasteiger partial charge >= 0.3 is 6.18 Å². The summed E-state index contributed by atoms with van der Waals surface area (Å²) in [4.78, 5) is 0. The molecule has 1 heterocycles. The van der Waals surface area contributed by atoms with E-state index in [2.05, 4.69) is 10.2 Å². The van der Waals surface area contributed by atoms with Crippen LogP contribution < -0.4 is 0 Å². The highest BCUT2D eigenvalue weighted by Gasteiger charge is 2.31. The van der Waals surface area contributed by atoms with E-state index in [0.717, 1.165) is 12.1 Å². The van der Waals surface area contributed by atoms with Crippen LogP contribution in [0.4, 0.5) is 30.7 Å². The Kier molecular flexibility index (Phi) is 3.97. The van der Waals surface area contributed by atoms with Crippen molar-refractivity contribution in [1.29, 1.82) is 0 Å². The fourth-order valence-electron chi connectivity index (χ4n) is 2.03. The molecule has 130 valence electrons. The molecule has 0 N–H and O–H groups in total. The van der Waals surface area contributed by atoms with Crippen molar-refractivity contribution in [3.8, 4) is 22.9 Å². The van der Waals surface area contributed by atoms with Crippen LogP contribution in [-0.4, -0.2) is 10.2 Å². The van der Waals surface area contributed by atoms with E-state index in [0.29, 0.717) is 6.07 Å². The van der Waals surface area contributed by atoms with Gasteiger partial charge in [-0.05, 0) is 18.2 Å². The van der Waals surface area contributed by atoms with E-state index < -0.39 is 52.4 Å². The maximum atomic E-state index is 13.7. The average molecular weight is 362 g/mol. The molecule has 0 amide bonds. The van der Waals surface area contributed by atoms with Crippen molar-refractivity contribution in [2.75, 3.05) is 0 Å². The Morgan fingerprint density at radius 1 is 0.800 bits per heavy atom. The second-order valence-electron chi connectivity index (χ2n) is 4.83. The van der Waals surface area contributed by atoms with Gasteiger partial charge in [-0.3, -0.25) is 0 Å². The van der Waals surface area contributed by atoms with E-state index in [1.54, 1.807) is 0 Å². The Labute approximate surface area is 134 Å². The first kappa shape index (κ1) is 16.9. The van der Waals surface area contributed by atoms with Gasteiger partial charge in [-0.15, -0.1) is 10.2 Å². The first-order chi connectivity index (χ1) is 11.7. The van der Waals surface area contributed by atoms with E-state index in [-0.39, 0.29) is 11.6 Å². The molecule has 0 atom stereocenters. The largest absolute Gasteiger partial charge is 0.416 e. The van der Waals surface area contributed by atoms with Crippen molar-refractivity contribution in [3.05, 3.63) is 59.2 Å². The first-order valence-corrected chi connectivity index (χ1v) is 6.53. The molecule has 1 aromatic heterocycles. The Morgan fingerprint density at radius 3 is 2.00 bits per heavy atom. The van der Waals surface area contributed by atoms with E-state index in [1.807, 2.05) is 0 Å². The van der Waals surface area contributed by atoms with Gasteiger partial charge in [-0.2, -0.15) is 13.2 Å². The van der Waals surface area contributed by atoms with Gasteiger partial charge in [-0.1, -0.05) is 6.07 Å². The maximum Gasteiger partial charge on any atom is 0.416 e. The van der Waals surface area contributed by atoms with Crippen molar-refractivity contribution in [1.82, 2.24) is 10.2 Å². The van der Waals surface area contributed by atoms with Crippen LogP contribution in [0.2, 0.25) is 0 Å². The van der Waals surface area contributed by atoms with Crippen LogP contribution in [0.5, 0.6) is 0 Å². The Hall–Kier alpha value is -2.91. The van der Waals surface area contributed by atoms with E-state index in [4.69, 9.17) is 4.42 Å². The van der Waals surface area contributed by atoms with Gasteiger partial charge in [0.15, 0.2) is 23.3 Å². The van der Waals surface area contributed by atoms with Gasteiger partial charge in [-0.25, -0.2) is 17.6 Å². The van der Waals surface area contributed by atoms with Gasteiger partial charge < -0.3 is 4.42 Å². The Morgan fingerprint density at radius 2 is 1.40 bits per heavy atom. The fourth-order valence-corrected chi connectivity index (χ4v) is 2.03. The van der Waals surface area contributed by atoms with Crippen LogP contribution in [-0.2, 0) is 6.18 Å². The molecule has 0 radical (unpaired) electrons. The quantitative estimate of drug-likeness (QED) is 0.477. The topological polar surface area (TPSA) is 38.9 Å². The minimum Gasteiger partial charge on any atom is -0.416 e. The summed E-state index contributed by atoms with van der Waals surface area (Å²) in [5.41, 5.74) is -2.45. The molecule has 10 heteroatoms. The molecule has 25 heavy (non-hydrogen) atoms. The summed E-state index contributed by atoms with van der Waals surface area (Å²) in [6.45, 7) is 0. The highest BCUT2D eigenvalue weighted by atomic mass is 19.4.